The van der Waals surface area contributed by atoms with Gasteiger partial charge in [-0.25, -0.2) is 0 Å². The standard InChI is InChI=1S/C13H20O/c1-12-6-2-3-7-13(12)9-4-10(13)11(14)5-8-12/h10H,2-9H2,1H3/t10-,12+,13-/m0/s1. The smallest absolute Gasteiger partial charge is 0.136 e. The van der Waals surface area contributed by atoms with Gasteiger partial charge in [0.25, 0.3) is 0 Å². The molecule has 0 saturated heterocycles. The molecule has 0 aromatic heterocycles. The van der Waals surface area contributed by atoms with Crippen molar-refractivity contribution < 1.29 is 4.79 Å². The van der Waals surface area contributed by atoms with Crippen LogP contribution in [-0.2, 0) is 4.79 Å². The number of hydrogen-bond donors (Lipinski definition) is 0. The highest BCUT2D eigenvalue weighted by atomic mass is 16.1. The fourth-order valence-electron chi connectivity index (χ4n) is 4.58. The van der Waals surface area contributed by atoms with E-state index in [0.717, 1.165) is 6.42 Å². The molecule has 0 heterocycles. The lowest BCUT2D eigenvalue weighted by molar-refractivity contribution is -0.173. The summed E-state index contributed by atoms with van der Waals surface area (Å²) in [5.74, 6) is 1.07. The van der Waals surface area contributed by atoms with Gasteiger partial charge in [0.1, 0.15) is 5.78 Å². The minimum atomic E-state index is 0.473. The van der Waals surface area contributed by atoms with Gasteiger partial charge in [-0.05, 0) is 42.9 Å². The van der Waals surface area contributed by atoms with Gasteiger partial charge in [0.2, 0.25) is 0 Å². The van der Waals surface area contributed by atoms with E-state index in [0.29, 0.717) is 22.5 Å². The van der Waals surface area contributed by atoms with E-state index in [1.165, 1.54) is 44.9 Å². The van der Waals surface area contributed by atoms with Gasteiger partial charge in [-0.1, -0.05) is 19.8 Å². The van der Waals surface area contributed by atoms with Gasteiger partial charge >= 0.3 is 0 Å². The predicted molar refractivity (Wildman–Crippen MR) is 56.0 cm³/mol. The highest BCUT2D eigenvalue weighted by molar-refractivity contribution is 5.84. The zero-order valence-corrected chi connectivity index (χ0v) is 9.14. The molecule has 0 aliphatic heterocycles. The summed E-state index contributed by atoms with van der Waals surface area (Å²) in [5, 5.41) is 0. The molecule has 3 saturated carbocycles. The summed E-state index contributed by atoms with van der Waals surface area (Å²) in [6.07, 6.45) is 10.1. The monoisotopic (exact) mass is 192 g/mol. The van der Waals surface area contributed by atoms with Crippen LogP contribution in [0, 0.1) is 16.7 Å². The lowest BCUT2D eigenvalue weighted by Crippen LogP contribution is -2.59. The van der Waals surface area contributed by atoms with Crippen LogP contribution >= 0.6 is 0 Å². The van der Waals surface area contributed by atoms with Crippen molar-refractivity contribution >= 4 is 5.78 Å². The zero-order chi connectivity index (χ0) is 9.81. The number of carbonyl (C=O) groups is 1. The molecule has 0 unspecified atom stereocenters. The molecule has 3 rings (SSSR count). The van der Waals surface area contributed by atoms with Crippen molar-refractivity contribution in [1.29, 1.82) is 0 Å². The van der Waals surface area contributed by atoms with E-state index in [1.807, 2.05) is 0 Å². The van der Waals surface area contributed by atoms with Crippen LogP contribution in [0.4, 0.5) is 0 Å². The lowest BCUT2D eigenvalue weighted by atomic mass is 9.39. The first-order valence-electron chi connectivity index (χ1n) is 6.21. The average Bonchev–Trinajstić information content (AvgIpc) is 2.12. The fraction of sp³-hybridized carbons (Fsp3) is 0.923. The van der Waals surface area contributed by atoms with E-state index in [9.17, 15) is 4.79 Å². The van der Waals surface area contributed by atoms with Crippen LogP contribution in [0.25, 0.3) is 0 Å². The topological polar surface area (TPSA) is 17.1 Å². The van der Waals surface area contributed by atoms with Crippen molar-refractivity contribution in [3.8, 4) is 0 Å². The van der Waals surface area contributed by atoms with Crippen molar-refractivity contribution in [1.82, 2.24) is 0 Å². The molecule has 0 radical (unpaired) electrons. The van der Waals surface area contributed by atoms with E-state index in [1.54, 1.807) is 0 Å². The molecule has 1 heteroatoms. The summed E-state index contributed by atoms with van der Waals surface area (Å²) in [6.45, 7) is 2.46. The first kappa shape index (κ1) is 8.94. The Hall–Kier alpha value is -0.330. The molecular weight excluding hydrogens is 172 g/mol. The minimum absolute atomic E-state index is 0.473. The van der Waals surface area contributed by atoms with E-state index < -0.39 is 0 Å². The van der Waals surface area contributed by atoms with Gasteiger partial charge < -0.3 is 0 Å². The molecule has 0 N–H and O–H groups in total. The molecule has 0 aromatic rings. The normalized spacial score (nSPS) is 51.8. The average molecular weight is 192 g/mol. The van der Waals surface area contributed by atoms with Gasteiger partial charge in [-0.3, -0.25) is 4.79 Å². The number of carbonyl (C=O) groups excluding carboxylic acids is 1. The van der Waals surface area contributed by atoms with Crippen molar-refractivity contribution in [2.75, 3.05) is 0 Å². The summed E-state index contributed by atoms with van der Waals surface area (Å²) in [5.41, 5.74) is 1.00. The third kappa shape index (κ3) is 0.844. The third-order valence-electron chi connectivity index (χ3n) is 5.66. The molecule has 14 heavy (non-hydrogen) atoms. The minimum Gasteiger partial charge on any atom is -0.299 e. The fourth-order valence-corrected chi connectivity index (χ4v) is 4.58. The SMILES string of the molecule is C[C@]12CCCC[C@@]13CC[C@H]3C(=O)CC2. The first-order valence-corrected chi connectivity index (χ1v) is 6.21. The highest BCUT2D eigenvalue weighted by Gasteiger charge is 2.62. The Bertz CT molecular complexity index is 283. The van der Waals surface area contributed by atoms with Crippen LogP contribution in [0.15, 0.2) is 0 Å². The maximum Gasteiger partial charge on any atom is 0.136 e. The van der Waals surface area contributed by atoms with Gasteiger partial charge in [0.15, 0.2) is 0 Å². The maximum absolute atomic E-state index is 11.8. The number of hydrogen-bond acceptors (Lipinski definition) is 1. The Kier molecular flexibility index (Phi) is 1.67. The summed E-state index contributed by atoms with van der Waals surface area (Å²) >= 11 is 0. The molecule has 3 atom stereocenters. The van der Waals surface area contributed by atoms with E-state index in [4.69, 9.17) is 0 Å². The molecule has 0 amide bonds. The molecule has 0 aromatic carbocycles. The van der Waals surface area contributed by atoms with Crippen molar-refractivity contribution in [2.45, 2.75) is 58.3 Å². The molecule has 1 spiro atoms. The van der Waals surface area contributed by atoms with Crippen LogP contribution in [0.2, 0.25) is 0 Å². The second kappa shape index (κ2) is 2.62. The van der Waals surface area contributed by atoms with Crippen LogP contribution in [0.5, 0.6) is 0 Å². The Morgan fingerprint density at radius 3 is 2.64 bits per heavy atom. The van der Waals surface area contributed by atoms with Crippen molar-refractivity contribution in [3.63, 3.8) is 0 Å². The van der Waals surface area contributed by atoms with E-state index in [2.05, 4.69) is 6.92 Å². The Balaban J connectivity index is 1.99. The Morgan fingerprint density at radius 1 is 1.14 bits per heavy atom. The van der Waals surface area contributed by atoms with Gasteiger partial charge in [0.05, 0.1) is 0 Å². The second-order valence-electron chi connectivity index (χ2n) is 5.98. The summed E-state index contributed by atoms with van der Waals surface area (Å²) < 4.78 is 0. The van der Waals surface area contributed by atoms with Crippen LogP contribution < -0.4 is 0 Å². The second-order valence-corrected chi connectivity index (χ2v) is 5.98. The molecular formula is C13H20O. The third-order valence-corrected chi connectivity index (χ3v) is 5.66. The quantitative estimate of drug-likeness (QED) is 0.575. The molecule has 3 aliphatic rings. The largest absolute Gasteiger partial charge is 0.299 e. The molecule has 1 nitrogen and oxygen atoms in total. The summed E-state index contributed by atoms with van der Waals surface area (Å²) in [7, 11) is 0. The Morgan fingerprint density at radius 2 is 1.93 bits per heavy atom. The molecule has 3 aliphatic carbocycles. The van der Waals surface area contributed by atoms with Crippen LogP contribution in [0.3, 0.4) is 0 Å². The van der Waals surface area contributed by atoms with Gasteiger partial charge in [-0.2, -0.15) is 0 Å². The predicted octanol–water partition coefficient (Wildman–Crippen LogP) is 3.33. The first-order chi connectivity index (χ1) is 6.68. The van der Waals surface area contributed by atoms with Crippen LogP contribution in [0.1, 0.15) is 58.3 Å². The molecule has 0 bridgehead atoms. The number of ketones is 1. The van der Waals surface area contributed by atoms with Gasteiger partial charge in [0, 0.05) is 12.3 Å². The molecule has 3 fully saturated rings. The van der Waals surface area contributed by atoms with Crippen LogP contribution in [-0.4, -0.2) is 5.78 Å². The Labute approximate surface area is 86.3 Å². The zero-order valence-electron chi connectivity index (χ0n) is 9.14. The number of rotatable bonds is 0. The van der Waals surface area contributed by atoms with E-state index >= 15 is 0 Å². The lowest BCUT2D eigenvalue weighted by Gasteiger charge is -2.64. The summed E-state index contributed by atoms with van der Waals surface area (Å²) in [6, 6.07) is 0. The maximum atomic E-state index is 11.8. The van der Waals surface area contributed by atoms with Crippen molar-refractivity contribution in [3.05, 3.63) is 0 Å². The van der Waals surface area contributed by atoms with Crippen molar-refractivity contribution in [2.24, 2.45) is 16.7 Å². The highest BCUT2D eigenvalue weighted by Crippen LogP contribution is 2.68. The number of Topliss-reactive ketones (excluding diaryl/α,β-unsaturated/α-hetero) is 1. The van der Waals surface area contributed by atoms with Gasteiger partial charge in [-0.15, -0.1) is 0 Å². The molecule has 78 valence electrons. The van der Waals surface area contributed by atoms with E-state index in [-0.39, 0.29) is 0 Å². The summed E-state index contributed by atoms with van der Waals surface area (Å²) in [4.78, 5) is 11.8.